The summed E-state index contributed by atoms with van der Waals surface area (Å²) in [5.41, 5.74) is -0.837. The SMILES string of the molecule is CC[C@@H](C(=O)NC(C)(C)C)N(Cc1ccccc1)C(=O)CN(c1ccc(Cl)c(C(F)(F)F)c1)S(=O)(=O)c1ccc(C)cc1. The summed E-state index contributed by atoms with van der Waals surface area (Å²) in [5, 5.41) is 2.24. The van der Waals surface area contributed by atoms with Gasteiger partial charge in [-0.05, 0) is 70.0 Å². The van der Waals surface area contributed by atoms with Crippen LogP contribution in [0.2, 0.25) is 5.02 Å². The van der Waals surface area contributed by atoms with Crippen molar-refractivity contribution in [2.24, 2.45) is 0 Å². The van der Waals surface area contributed by atoms with Gasteiger partial charge in [0.15, 0.2) is 0 Å². The maximum Gasteiger partial charge on any atom is 0.417 e. The minimum Gasteiger partial charge on any atom is -0.350 e. The first-order valence-electron chi connectivity index (χ1n) is 13.6. The molecule has 43 heavy (non-hydrogen) atoms. The Morgan fingerprint density at radius 1 is 0.953 bits per heavy atom. The van der Waals surface area contributed by atoms with E-state index in [2.05, 4.69) is 5.32 Å². The highest BCUT2D eigenvalue weighted by Gasteiger charge is 2.37. The van der Waals surface area contributed by atoms with Crippen LogP contribution in [0, 0.1) is 6.92 Å². The number of benzene rings is 3. The van der Waals surface area contributed by atoms with Gasteiger partial charge in [0.05, 0.1) is 21.2 Å². The van der Waals surface area contributed by atoms with E-state index in [1.165, 1.54) is 17.0 Å². The number of hydrogen-bond donors (Lipinski definition) is 1. The van der Waals surface area contributed by atoms with E-state index >= 15 is 0 Å². The first-order chi connectivity index (χ1) is 19.9. The van der Waals surface area contributed by atoms with Crippen molar-refractivity contribution in [2.45, 2.75) is 70.2 Å². The van der Waals surface area contributed by atoms with Gasteiger partial charge in [0.1, 0.15) is 12.6 Å². The Bertz CT molecular complexity index is 1540. The van der Waals surface area contributed by atoms with Gasteiger partial charge in [-0.15, -0.1) is 0 Å². The van der Waals surface area contributed by atoms with Gasteiger partial charge >= 0.3 is 6.18 Å². The Morgan fingerprint density at radius 2 is 1.56 bits per heavy atom. The molecule has 0 aliphatic heterocycles. The zero-order valence-electron chi connectivity index (χ0n) is 24.6. The van der Waals surface area contributed by atoms with E-state index in [-0.39, 0.29) is 17.9 Å². The van der Waals surface area contributed by atoms with Gasteiger partial charge in [0.25, 0.3) is 10.0 Å². The summed E-state index contributed by atoms with van der Waals surface area (Å²) in [4.78, 5) is 28.5. The molecule has 3 aromatic carbocycles. The second-order valence-electron chi connectivity index (χ2n) is 11.2. The topological polar surface area (TPSA) is 86.8 Å². The third-order valence-electron chi connectivity index (χ3n) is 6.51. The highest BCUT2D eigenvalue weighted by molar-refractivity contribution is 7.92. The standard InChI is InChI=1S/C31H35ClF3N3O4S/c1-6-27(29(40)36-30(3,4)5)37(19-22-10-8-7-9-11-22)28(39)20-38(43(41,42)24-15-12-21(2)13-16-24)23-14-17-26(32)25(18-23)31(33,34)35/h7-18,27H,6,19-20H2,1-5H3,(H,36,40)/t27-/m0/s1. The smallest absolute Gasteiger partial charge is 0.350 e. The van der Waals surface area contributed by atoms with Gasteiger partial charge in [0, 0.05) is 12.1 Å². The van der Waals surface area contributed by atoms with Crippen LogP contribution in [0.3, 0.4) is 0 Å². The Balaban J connectivity index is 2.15. The zero-order valence-corrected chi connectivity index (χ0v) is 26.1. The number of rotatable bonds is 10. The quantitative estimate of drug-likeness (QED) is 0.272. The van der Waals surface area contributed by atoms with Crippen LogP contribution in [0.1, 0.15) is 50.8 Å². The molecule has 3 rings (SSSR count). The number of carbonyl (C=O) groups excluding carboxylic acids is 2. The molecule has 2 amide bonds. The van der Waals surface area contributed by atoms with Crippen molar-refractivity contribution in [3.63, 3.8) is 0 Å². The van der Waals surface area contributed by atoms with Gasteiger partial charge < -0.3 is 10.2 Å². The van der Waals surface area contributed by atoms with Gasteiger partial charge in [-0.1, -0.05) is 66.6 Å². The molecule has 0 aliphatic carbocycles. The molecular weight excluding hydrogens is 603 g/mol. The lowest BCUT2D eigenvalue weighted by atomic mass is 10.1. The molecule has 3 aromatic rings. The molecule has 0 saturated heterocycles. The molecule has 0 spiro atoms. The van der Waals surface area contributed by atoms with E-state index < -0.39 is 62.4 Å². The molecule has 12 heteroatoms. The Morgan fingerprint density at radius 3 is 2.09 bits per heavy atom. The van der Waals surface area contributed by atoms with Crippen molar-refractivity contribution in [1.29, 1.82) is 0 Å². The third kappa shape index (κ3) is 8.73. The number of amides is 2. The average molecular weight is 638 g/mol. The third-order valence-corrected chi connectivity index (χ3v) is 8.63. The number of aryl methyl sites for hydroxylation is 1. The number of alkyl halides is 3. The van der Waals surface area contributed by atoms with E-state index in [0.717, 1.165) is 17.7 Å². The summed E-state index contributed by atoms with van der Waals surface area (Å²) < 4.78 is 69.9. The predicted octanol–water partition coefficient (Wildman–Crippen LogP) is 6.58. The molecule has 0 heterocycles. The minimum atomic E-state index is -4.88. The largest absolute Gasteiger partial charge is 0.417 e. The van der Waals surface area contributed by atoms with Gasteiger partial charge in [0.2, 0.25) is 11.8 Å². The number of carbonyl (C=O) groups is 2. The molecule has 232 valence electrons. The number of nitrogens with zero attached hydrogens (tertiary/aromatic N) is 2. The first-order valence-corrected chi connectivity index (χ1v) is 15.4. The zero-order chi connectivity index (χ0) is 32.2. The van der Waals surface area contributed by atoms with Gasteiger partial charge in [-0.3, -0.25) is 13.9 Å². The lowest BCUT2D eigenvalue weighted by molar-refractivity contribution is -0.141. The predicted molar refractivity (Wildman–Crippen MR) is 161 cm³/mol. The van der Waals surface area contributed by atoms with Gasteiger partial charge in [-0.25, -0.2) is 8.42 Å². The molecule has 1 N–H and O–H groups in total. The van der Waals surface area contributed by atoms with E-state index in [1.54, 1.807) is 77.1 Å². The van der Waals surface area contributed by atoms with Crippen LogP contribution in [-0.2, 0) is 32.3 Å². The molecule has 7 nitrogen and oxygen atoms in total. The summed E-state index contributed by atoms with van der Waals surface area (Å²) in [6.45, 7) is 7.92. The minimum absolute atomic E-state index is 0.0391. The molecule has 0 radical (unpaired) electrons. The molecular formula is C31H35ClF3N3O4S. The first kappa shape index (κ1) is 33.9. The molecule has 0 saturated carbocycles. The number of sulfonamides is 1. The number of hydrogen-bond acceptors (Lipinski definition) is 4. The fraction of sp³-hybridized carbons (Fsp3) is 0.355. The van der Waals surface area contributed by atoms with Crippen molar-refractivity contribution in [3.05, 3.63) is 94.5 Å². The maximum atomic E-state index is 14.1. The van der Waals surface area contributed by atoms with Crippen molar-refractivity contribution < 1.29 is 31.2 Å². The second-order valence-corrected chi connectivity index (χ2v) is 13.4. The molecule has 0 bridgehead atoms. The lowest BCUT2D eigenvalue weighted by Gasteiger charge is -2.35. The van der Waals surface area contributed by atoms with Crippen LogP contribution in [0.4, 0.5) is 18.9 Å². The molecule has 0 unspecified atom stereocenters. The number of nitrogens with one attached hydrogen (secondary N) is 1. The van der Waals surface area contributed by atoms with E-state index in [1.807, 2.05) is 0 Å². The molecule has 1 atom stereocenters. The van der Waals surface area contributed by atoms with E-state index in [0.29, 0.717) is 15.9 Å². The van der Waals surface area contributed by atoms with Crippen LogP contribution in [0.15, 0.2) is 77.7 Å². The second kappa shape index (κ2) is 13.4. The van der Waals surface area contributed by atoms with E-state index in [9.17, 15) is 31.2 Å². The summed E-state index contributed by atoms with van der Waals surface area (Å²) in [5.74, 6) is -1.22. The van der Waals surface area contributed by atoms with Crippen LogP contribution >= 0.6 is 11.6 Å². The fourth-order valence-electron chi connectivity index (χ4n) is 4.40. The molecule has 0 aliphatic rings. The fourth-order valence-corrected chi connectivity index (χ4v) is 6.04. The summed E-state index contributed by atoms with van der Waals surface area (Å²) >= 11 is 5.82. The molecule has 0 fully saturated rings. The summed E-state index contributed by atoms with van der Waals surface area (Å²) in [7, 11) is -4.55. The summed E-state index contributed by atoms with van der Waals surface area (Å²) in [6.07, 6.45) is -4.68. The van der Waals surface area contributed by atoms with Crippen molar-refractivity contribution >= 4 is 39.1 Å². The number of anilines is 1. The van der Waals surface area contributed by atoms with E-state index in [4.69, 9.17) is 11.6 Å². The maximum absolute atomic E-state index is 14.1. The highest BCUT2D eigenvalue weighted by atomic mass is 35.5. The van der Waals surface area contributed by atoms with Crippen molar-refractivity contribution in [1.82, 2.24) is 10.2 Å². The van der Waals surface area contributed by atoms with Crippen LogP contribution in [-0.4, -0.2) is 43.3 Å². The van der Waals surface area contributed by atoms with Crippen LogP contribution in [0.5, 0.6) is 0 Å². The monoisotopic (exact) mass is 637 g/mol. The Kier molecular flexibility index (Phi) is 10.6. The normalized spacial score (nSPS) is 12.9. The van der Waals surface area contributed by atoms with Crippen molar-refractivity contribution in [3.8, 4) is 0 Å². The van der Waals surface area contributed by atoms with Crippen molar-refractivity contribution in [2.75, 3.05) is 10.8 Å². The highest BCUT2D eigenvalue weighted by Crippen LogP contribution is 2.38. The number of halogens is 4. The Labute approximate surface area is 255 Å². The van der Waals surface area contributed by atoms with Gasteiger partial charge in [-0.2, -0.15) is 13.2 Å². The lowest BCUT2D eigenvalue weighted by Crippen LogP contribution is -2.55. The Hall–Kier alpha value is -3.57. The average Bonchev–Trinajstić information content (AvgIpc) is 2.91. The summed E-state index contributed by atoms with van der Waals surface area (Å²) in [6, 6.07) is 16.2. The molecule has 0 aromatic heterocycles. The van der Waals surface area contributed by atoms with Crippen LogP contribution in [0.25, 0.3) is 0 Å². The van der Waals surface area contributed by atoms with Crippen LogP contribution < -0.4 is 9.62 Å².